The van der Waals surface area contributed by atoms with Gasteiger partial charge < -0.3 is 15.5 Å². The van der Waals surface area contributed by atoms with Crippen molar-refractivity contribution in [3.05, 3.63) is 75.3 Å². The second kappa shape index (κ2) is 12.7. The Bertz CT molecular complexity index is 1010. The number of guanidine groups is 1. The molecule has 0 bridgehead atoms. The molecule has 1 aliphatic carbocycles. The van der Waals surface area contributed by atoms with Gasteiger partial charge in [-0.05, 0) is 48.8 Å². The van der Waals surface area contributed by atoms with Crippen molar-refractivity contribution in [1.82, 2.24) is 15.5 Å². The maximum absolute atomic E-state index is 11.8. The van der Waals surface area contributed by atoms with Gasteiger partial charge in [0, 0.05) is 44.2 Å². The summed E-state index contributed by atoms with van der Waals surface area (Å²) in [5, 5.41) is 17.9. The summed E-state index contributed by atoms with van der Waals surface area (Å²) in [6.45, 7) is 2.78. The van der Waals surface area contributed by atoms with Gasteiger partial charge in [0.1, 0.15) is 0 Å². The maximum atomic E-state index is 11.8. The van der Waals surface area contributed by atoms with Crippen LogP contribution in [0.5, 0.6) is 0 Å². The first-order valence-electron chi connectivity index (χ1n) is 11.7. The summed E-state index contributed by atoms with van der Waals surface area (Å²) in [5.41, 5.74) is 3.79. The van der Waals surface area contributed by atoms with Gasteiger partial charge in [0.2, 0.25) is 5.91 Å². The molecule has 182 valence electrons. The number of rotatable bonds is 8. The lowest BCUT2D eigenvalue weighted by molar-refractivity contribution is -0.384. The van der Waals surface area contributed by atoms with Crippen LogP contribution in [0, 0.1) is 10.1 Å². The fourth-order valence-corrected chi connectivity index (χ4v) is 4.48. The Morgan fingerprint density at radius 2 is 1.88 bits per heavy atom. The monoisotopic (exact) mass is 577 g/mol. The first-order valence-corrected chi connectivity index (χ1v) is 11.7. The number of nitrogens with zero attached hydrogens (tertiary/aromatic N) is 3. The Morgan fingerprint density at radius 1 is 1.12 bits per heavy atom. The van der Waals surface area contributed by atoms with E-state index < -0.39 is 4.92 Å². The Balaban J connectivity index is 0.00000324. The number of hydrogen-bond donors (Lipinski definition) is 2. The SMILES string of the molecule is I.O=C1CCCN1CCCNC(=NCc1ccc([N+](=O)[O-])cc1)NC1CCc2ccccc2C1. The molecule has 1 amide bonds. The van der Waals surface area contributed by atoms with E-state index in [0.717, 1.165) is 63.3 Å². The number of nitrogens with one attached hydrogen (secondary N) is 2. The quantitative estimate of drug-likeness (QED) is 0.124. The summed E-state index contributed by atoms with van der Waals surface area (Å²) in [4.78, 5) is 29.0. The maximum Gasteiger partial charge on any atom is 0.269 e. The van der Waals surface area contributed by atoms with Crippen LogP contribution in [-0.2, 0) is 24.2 Å². The third-order valence-corrected chi connectivity index (χ3v) is 6.32. The van der Waals surface area contributed by atoms with Crippen molar-refractivity contribution in [3.63, 3.8) is 0 Å². The molecule has 2 aromatic carbocycles. The Hall–Kier alpha value is -2.69. The number of non-ortho nitro benzene ring substituents is 1. The number of aryl methyl sites for hydroxylation is 1. The van der Waals surface area contributed by atoms with E-state index in [1.807, 2.05) is 4.90 Å². The van der Waals surface area contributed by atoms with E-state index >= 15 is 0 Å². The van der Waals surface area contributed by atoms with E-state index in [1.165, 1.54) is 23.3 Å². The number of benzene rings is 2. The minimum atomic E-state index is -0.395. The largest absolute Gasteiger partial charge is 0.356 e. The molecule has 1 fully saturated rings. The third-order valence-electron chi connectivity index (χ3n) is 6.32. The number of carbonyl (C=O) groups excluding carboxylic acids is 1. The zero-order valence-corrected chi connectivity index (χ0v) is 21.6. The fourth-order valence-electron chi connectivity index (χ4n) is 4.48. The Morgan fingerprint density at radius 3 is 2.59 bits per heavy atom. The van der Waals surface area contributed by atoms with Gasteiger partial charge in [-0.1, -0.05) is 36.4 Å². The molecule has 1 saturated heterocycles. The van der Waals surface area contributed by atoms with Crippen LogP contribution in [0.2, 0.25) is 0 Å². The van der Waals surface area contributed by atoms with Crippen LogP contribution in [0.25, 0.3) is 0 Å². The molecule has 4 rings (SSSR count). The molecular formula is C25H32IN5O3. The summed E-state index contributed by atoms with van der Waals surface area (Å²) < 4.78 is 0. The lowest BCUT2D eigenvalue weighted by atomic mass is 9.88. The van der Waals surface area contributed by atoms with E-state index in [2.05, 4.69) is 34.9 Å². The number of carbonyl (C=O) groups is 1. The van der Waals surface area contributed by atoms with E-state index in [0.29, 0.717) is 19.0 Å². The van der Waals surface area contributed by atoms with Crippen LogP contribution >= 0.6 is 24.0 Å². The third kappa shape index (κ3) is 7.15. The minimum Gasteiger partial charge on any atom is -0.356 e. The molecule has 0 saturated carbocycles. The number of amides is 1. The number of fused-ring (bicyclic) bond motifs is 1. The summed E-state index contributed by atoms with van der Waals surface area (Å²) in [6.07, 6.45) is 5.52. The molecule has 1 atom stereocenters. The number of halogens is 1. The van der Waals surface area contributed by atoms with Crippen LogP contribution in [0.15, 0.2) is 53.5 Å². The number of nitro benzene ring substituents is 1. The first-order chi connectivity index (χ1) is 16.1. The number of hydrogen-bond acceptors (Lipinski definition) is 4. The van der Waals surface area contributed by atoms with Gasteiger partial charge in [0.05, 0.1) is 11.5 Å². The van der Waals surface area contributed by atoms with E-state index in [1.54, 1.807) is 12.1 Å². The topological polar surface area (TPSA) is 99.9 Å². The molecule has 2 aliphatic rings. The zero-order valence-electron chi connectivity index (χ0n) is 19.2. The second-order valence-electron chi connectivity index (χ2n) is 8.71. The molecule has 34 heavy (non-hydrogen) atoms. The highest BCUT2D eigenvalue weighted by Crippen LogP contribution is 2.21. The molecule has 2 aromatic rings. The number of likely N-dealkylation sites (tertiary alicyclic amines) is 1. The number of nitro groups is 1. The summed E-state index contributed by atoms with van der Waals surface area (Å²) >= 11 is 0. The van der Waals surface area contributed by atoms with E-state index in [9.17, 15) is 14.9 Å². The van der Waals surface area contributed by atoms with Gasteiger partial charge in [-0.25, -0.2) is 4.99 Å². The van der Waals surface area contributed by atoms with E-state index in [-0.39, 0.29) is 35.6 Å². The fraction of sp³-hybridized carbons (Fsp3) is 0.440. The minimum absolute atomic E-state index is 0. The van der Waals surface area contributed by atoms with Gasteiger partial charge in [-0.2, -0.15) is 0 Å². The molecule has 0 spiro atoms. The van der Waals surface area contributed by atoms with Crippen LogP contribution in [-0.4, -0.2) is 47.4 Å². The molecular weight excluding hydrogens is 545 g/mol. The molecule has 0 radical (unpaired) electrons. The lowest BCUT2D eigenvalue weighted by Crippen LogP contribution is -2.46. The van der Waals surface area contributed by atoms with Gasteiger partial charge in [-0.15, -0.1) is 24.0 Å². The predicted molar refractivity (Wildman–Crippen MR) is 143 cm³/mol. The van der Waals surface area contributed by atoms with Crippen molar-refractivity contribution in [3.8, 4) is 0 Å². The molecule has 8 nitrogen and oxygen atoms in total. The van der Waals surface area contributed by atoms with Crippen molar-refractivity contribution < 1.29 is 9.72 Å². The molecule has 9 heteroatoms. The summed E-state index contributed by atoms with van der Waals surface area (Å²) in [5.74, 6) is 0.992. The Kier molecular flexibility index (Phi) is 9.67. The van der Waals surface area contributed by atoms with Crippen LogP contribution in [0.1, 0.15) is 42.4 Å². The van der Waals surface area contributed by atoms with Crippen LogP contribution < -0.4 is 10.6 Å². The first kappa shape index (κ1) is 25.9. The average Bonchev–Trinajstić information content (AvgIpc) is 3.24. The Labute approximate surface area is 217 Å². The molecule has 2 N–H and O–H groups in total. The van der Waals surface area contributed by atoms with Crippen molar-refractivity contribution in [1.29, 1.82) is 0 Å². The highest BCUT2D eigenvalue weighted by atomic mass is 127. The normalized spacial score (nSPS) is 17.6. The summed E-state index contributed by atoms with van der Waals surface area (Å²) in [7, 11) is 0. The smallest absolute Gasteiger partial charge is 0.269 e. The molecule has 1 heterocycles. The van der Waals surface area contributed by atoms with Crippen LogP contribution in [0.4, 0.5) is 5.69 Å². The predicted octanol–water partition coefficient (Wildman–Crippen LogP) is 3.82. The molecule has 1 aliphatic heterocycles. The zero-order chi connectivity index (χ0) is 23.0. The van der Waals surface area contributed by atoms with Crippen LogP contribution in [0.3, 0.4) is 0 Å². The van der Waals surface area contributed by atoms with Gasteiger partial charge in [0.25, 0.3) is 5.69 Å². The average molecular weight is 577 g/mol. The number of aliphatic imine (C=N–C) groups is 1. The molecule has 0 aromatic heterocycles. The van der Waals surface area contributed by atoms with Crippen molar-refractivity contribution >= 4 is 41.5 Å². The summed E-state index contributed by atoms with van der Waals surface area (Å²) in [6, 6.07) is 15.4. The second-order valence-corrected chi connectivity index (χ2v) is 8.71. The van der Waals surface area contributed by atoms with E-state index in [4.69, 9.17) is 4.99 Å². The highest BCUT2D eigenvalue weighted by Gasteiger charge is 2.20. The van der Waals surface area contributed by atoms with Crippen molar-refractivity contribution in [2.45, 2.75) is 51.1 Å². The molecule has 1 unspecified atom stereocenters. The van der Waals surface area contributed by atoms with Crippen molar-refractivity contribution in [2.24, 2.45) is 4.99 Å². The van der Waals surface area contributed by atoms with Gasteiger partial charge in [-0.3, -0.25) is 14.9 Å². The standard InChI is InChI=1S/C25H31N5O3.HI/c31-24-7-3-15-29(24)16-4-14-26-25(27-18-19-8-12-23(13-9-19)30(32)33)28-22-11-10-20-5-1-2-6-21(20)17-22;/h1-2,5-6,8-9,12-13,22H,3-4,7,10-11,14-18H2,(H2,26,27,28);1H. The van der Waals surface area contributed by atoms with Gasteiger partial charge >= 0.3 is 0 Å². The highest BCUT2D eigenvalue weighted by molar-refractivity contribution is 14.0. The van der Waals surface area contributed by atoms with Crippen molar-refractivity contribution in [2.75, 3.05) is 19.6 Å². The van der Waals surface area contributed by atoms with Gasteiger partial charge in [0.15, 0.2) is 5.96 Å². The lowest BCUT2D eigenvalue weighted by Gasteiger charge is -2.27.